The highest BCUT2D eigenvalue weighted by atomic mass is 16.6. The number of amides is 1. The summed E-state index contributed by atoms with van der Waals surface area (Å²) in [6.45, 7) is 9.15. The lowest BCUT2D eigenvalue weighted by Gasteiger charge is -2.35. The molecule has 1 fully saturated rings. The first-order chi connectivity index (χ1) is 12.2. The van der Waals surface area contributed by atoms with Crippen LogP contribution < -0.4 is 5.73 Å². The van der Waals surface area contributed by atoms with Gasteiger partial charge in [0.05, 0.1) is 11.6 Å². The van der Waals surface area contributed by atoms with Crippen LogP contribution in [0.25, 0.3) is 0 Å². The summed E-state index contributed by atoms with van der Waals surface area (Å²) >= 11 is 0. The highest BCUT2D eigenvalue weighted by Gasteiger charge is 2.29. The van der Waals surface area contributed by atoms with Crippen molar-refractivity contribution in [1.82, 2.24) is 4.90 Å². The maximum Gasteiger partial charge on any atom is 0.410 e. The number of carbonyl (C=O) groups is 1. The van der Waals surface area contributed by atoms with Gasteiger partial charge in [-0.25, -0.2) is 4.79 Å². The van der Waals surface area contributed by atoms with E-state index in [1.54, 1.807) is 4.90 Å². The van der Waals surface area contributed by atoms with Crippen molar-refractivity contribution >= 4 is 6.09 Å². The van der Waals surface area contributed by atoms with Crippen LogP contribution in [0.2, 0.25) is 0 Å². The van der Waals surface area contributed by atoms with E-state index in [-0.39, 0.29) is 18.1 Å². The zero-order valence-electron chi connectivity index (χ0n) is 16.4. The van der Waals surface area contributed by atoms with E-state index in [0.29, 0.717) is 11.5 Å². The summed E-state index contributed by atoms with van der Waals surface area (Å²) in [4.78, 5) is 14.0. The van der Waals surface area contributed by atoms with Crippen LogP contribution in [0.3, 0.4) is 0 Å². The molecule has 2 rings (SSSR count). The van der Waals surface area contributed by atoms with Crippen molar-refractivity contribution in [2.45, 2.75) is 64.5 Å². The van der Waals surface area contributed by atoms with E-state index in [1.807, 2.05) is 45.9 Å². The molecule has 0 saturated carbocycles. The molecule has 0 bridgehead atoms. The number of likely N-dealkylation sites (tertiary alicyclic amines) is 1. The summed E-state index contributed by atoms with van der Waals surface area (Å²) < 4.78 is 5.46. The monoisotopic (exact) mass is 357 g/mol. The van der Waals surface area contributed by atoms with Gasteiger partial charge in [0.15, 0.2) is 0 Å². The fourth-order valence-corrected chi connectivity index (χ4v) is 3.53. The quantitative estimate of drug-likeness (QED) is 0.882. The van der Waals surface area contributed by atoms with Crippen LogP contribution >= 0.6 is 0 Å². The Hall–Kier alpha value is -2.06. The average molecular weight is 357 g/mol. The average Bonchev–Trinajstić information content (AvgIpc) is 2.58. The molecule has 5 heteroatoms. The molecule has 1 aliphatic heterocycles. The fourth-order valence-electron chi connectivity index (χ4n) is 3.53. The minimum absolute atomic E-state index is 0.0211. The lowest BCUT2D eigenvalue weighted by molar-refractivity contribution is 0.0178. The first kappa shape index (κ1) is 20.3. The molecule has 2 N–H and O–H groups in total. The van der Waals surface area contributed by atoms with Crippen molar-refractivity contribution in [3.8, 4) is 6.07 Å². The number of benzene rings is 1. The van der Waals surface area contributed by atoms with Gasteiger partial charge in [-0.2, -0.15) is 5.26 Å². The van der Waals surface area contributed by atoms with Gasteiger partial charge < -0.3 is 15.4 Å². The largest absolute Gasteiger partial charge is 0.444 e. The number of piperidine rings is 1. The maximum atomic E-state index is 12.2. The summed E-state index contributed by atoms with van der Waals surface area (Å²) in [7, 11) is 0. The van der Waals surface area contributed by atoms with Crippen LogP contribution in [0, 0.1) is 17.2 Å². The molecule has 1 saturated heterocycles. The first-order valence-electron chi connectivity index (χ1n) is 9.43. The van der Waals surface area contributed by atoms with Crippen LogP contribution in [0.5, 0.6) is 0 Å². The maximum absolute atomic E-state index is 12.2. The highest BCUT2D eigenvalue weighted by molar-refractivity contribution is 5.68. The molecule has 1 aromatic carbocycles. The summed E-state index contributed by atoms with van der Waals surface area (Å²) in [5.41, 5.74) is 7.60. The van der Waals surface area contributed by atoms with Crippen molar-refractivity contribution in [3.63, 3.8) is 0 Å². The Morgan fingerprint density at radius 2 is 2.04 bits per heavy atom. The lowest BCUT2D eigenvalue weighted by Crippen LogP contribution is -2.42. The van der Waals surface area contributed by atoms with Crippen molar-refractivity contribution < 1.29 is 9.53 Å². The van der Waals surface area contributed by atoms with E-state index in [2.05, 4.69) is 12.1 Å². The molecule has 0 spiro atoms. The molecule has 1 aliphatic rings. The molecule has 0 aliphatic carbocycles. The summed E-state index contributed by atoms with van der Waals surface area (Å²) in [6, 6.07) is 9.98. The zero-order valence-corrected chi connectivity index (χ0v) is 16.4. The molecular weight excluding hydrogens is 326 g/mol. The van der Waals surface area contributed by atoms with Gasteiger partial charge in [0.1, 0.15) is 5.60 Å². The Balaban J connectivity index is 1.95. The van der Waals surface area contributed by atoms with Gasteiger partial charge in [-0.05, 0) is 76.5 Å². The second-order valence-corrected chi connectivity index (χ2v) is 8.35. The second-order valence-electron chi connectivity index (χ2n) is 8.35. The summed E-state index contributed by atoms with van der Waals surface area (Å²) in [6.07, 6.45) is 2.68. The van der Waals surface area contributed by atoms with Crippen LogP contribution in [0.1, 0.15) is 64.0 Å². The molecular formula is C21H31N3O2. The van der Waals surface area contributed by atoms with Crippen molar-refractivity contribution in [1.29, 1.82) is 5.26 Å². The van der Waals surface area contributed by atoms with Crippen molar-refractivity contribution in [2.24, 2.45) is 11.7 Å². The molecule has 1 amide bonds. The van der Waals surface area contributed by atoms with Crippen molar-refractivity contribution in [3.05, 3.63) is 35.4 Å². The van der Waals surface area contributed by atoms with E-state index >= 15 is 0 Å². The zero-order chi connectivity index (χ0) is 19.3. The Morgan fingerprint density at radius 1 is 1.38 bits per heavy atom. The number of hydrogen-bond acceptors (Lipinski definition) is 4. The summed E-state index contributed by atoms with van der Waals surface area (Å²) in [5.74, 6) is 0.747. The second kappa shape index (κ2) is 8.55. The summed E-state index contributed by atoms with van der Waals surface area (Å²) in [5, 5.41) is 9.14. The van der Waals surface area contributed by atoms with E-state index < -0.39 is 5.60 Å². The number of carbonyl (C=O) groups excluding carboxylic acids is 1. The smallest absolute Gasteiger partial charge is 0.410 e. The Kier molecular flexibility index (Phi) is 6.66. The molecule has 2 atom stereocenters. The lowest BCUT2D eigenvalue weighted by atomic mass is 9.80. The number of nitrogens with two attached hydrogens (primary N) is 1. The highest BCUT2D eigenvalue weighted by Crippen LogP contribution is 2.32. The van der Waals surface area contributed by atoms with E-state index in [9.17, 15) is 4.79 Å². The van der Waals surface area contributed by atoms with E-state index in [0.717, 1.165) is 37.9 Å². The van der Waals surface area contributed by atoms with E-state index in [4.69, 9.17) is 15.7 Å². The standard InChI is InChI=1S/C21H31N3O2/c1-15(23)19(18-7-5-6-17(12-18)14-22)13-16-8-10-24(11-9-16)20(25)26-21(2,3)4/h5-7,12,15-16,19H,8-11,13,23H2,1-4H3/t15-,19-/m1/s1. The topological polar surface area (TPSA) is 79.3 Å². The van der Waals surface area contributed by atoms with Gasteiger partial charge in [-0.1, -0.05) is 12.1 Å². The van der Waals surface area contributed by atoms with E-state index in [1.165, 1.54) is 0 Å². The number of rotatable bonds is 4. The van der Waals surface area contributed by atoms with Crippen LogP contribution in [0.15, 0.2) is 24.3 Å². The van der Waals surface area contributed by atoms with Gasteiger partial charge >= 0.3 is 6.09 Å². The molecule has 0 unspecified atom stereocenters. The van der Waals surface area contributed by atoms with Gasteiger partial charge in [0.25, 0.3) is 0 Å². The first-order valence-corrected chi connectivity index (χ1v) is 9.43. The minimum Gasteiger partial charge on any atom is -0.444 e. The third-order valence-electron chi connectivity index (χ3n) is 4.93. The number of hydrogen-bond donors (Lipinski definition) is 1. The molecule has 142 valence electrons. The van der Waals surface area contributed by atoms with Gasteiger partial charge in [-0.15, -0.1) is 0 Å². The predicted molar refractivity (Wildman–Crippen MR) is 103 cm³/mol. The number of ether oxygens (including phenoxy) is 1. The molecule has 26 heavy (non-hydrogen) atoms. The Bertz CT molecular complexity index is 650. The third kappa shape index (κ3) is 5.74. The van der Waals surface area contributed by atoms with Gasteiger partial charge in [0, 0.05) is 19.1 Å². The van der Waals surface area contributed by atoms with Gasteiger partial charge in [-0.3, -0.25) is 0 Å². The number of nitrogens with zero attached hydrogens (tertiary/aromatic N) is 2. The van der Waals surface area contributed by atoms with Crippen LogP contribution in [-0.4, -0.2) is 35.7 Å². The predicted octanol–water partition coefficient (Wildman–Crippen LogP) is 4.03. The molecule has 1 heterocycles. The molecule has 5 nitrogen and oxygen atoms in total. The molecule has 0 radical (unpaired) electrons. The molecule has 0 aromatic heterocycles. The SMILES string of the molecule is C[C@@H](N)[C@@H](CC1CCN(C(=O)OC(C)(C)C)CC1)c1cccc(C#N)c1. The Morgan fingerprint density at radius 3 is 2.58 bits per heavy atom. The third-order valence-corrected chi connectivity index (χ3v) is 4.93. The van der Waals surface area contributed by atoms with Crippen molar-refractivity contribution in [2.75, 3.05) is 13.1 Å². The van der Waals surface area contributed by atoms with Gasteiger partial charge in [0.2, 0.25) is 0 Å². The number of nitriles is 1. The van der Waals surface area contributed by atoms with Crippen LogP contribution in [-0.2, 0) is 4.74 Å². The minimum atomic E-state index is -0.459. The Labute approximate surface area is 157 Å². The van der Waals surface area contributed by atoms with Crippen LogP contribution in [0.4, 0.5) is 4.79 Å². The normalized spacial score (nSPS) is 18.1. The molecule has 1 aromatic rings. The fraction of sp³-hybridized carbons (Fsp3) is 0.619.